The first kappa shape index (κ1) is 19.6. The molecule has 0 N–H and O–H groups in total. The molecule has 0 atom stereocenters. The lowest BCUT2D eigenvalue weighted by molar-refractivity contribution is 0.737. The molecule has 4 nitrogen and oxygen atoms in total. The Bertz CT molecular complexity index is 1500. The number of aryl methyl sites for hydroxylation is 2. The van der Waals surface area contributed by atoms with Gasteiger partial charge in [0.25, 0.3) is 5.56 Å². The third kappa shape index (κ3) is 3.43. The number of hydrogen-bond donors (Lipinski definition) is 0. The molecule has 154 valence electrons. The van der Waals surface area contributed by atoms with Crippen molar-refractivity contribution in [3.63, 3.8) is 0 Å². The molecule has 0 unspecified atom stereocenters. The molecule has 0 aliphatic heterocycles. The molecule has 5 heteroatoms. The Morgan fingerprint density at radius 1 is 0.903 bits per heavy atom. The highest BCUT2D eigenvalue weighted by Gasteiger charge is 2.18. The van der Waals surface area contributed by atoms with Crippen molar-refractivity contribution in [2.24, 2.45) is 0 Å². The molecule has 0 aliphatic carbocycles. The fourth-order valence-electron chi connectivity index (χ4n) is 4.16. The summed E-state index contributed by atoms with van der Waals surface area (Å²) in [6.07, 6.45) is 1.63. The number of nitrogens with zero attached hydrogens (tertiary/aromatic N) is 3. The minimum absolute atomic E-state index is 0.0626. The van der Waals surface area contributed by atoms with Gasteiger partial charge in [0.15, 0.2) is 0 Å². The number of fused-ring (bicyclic) bond motifs is 3. The van der Waals surface area contributed by atoms with Crippen molar-refractivity contribution < 1.29 is 0 Å². The highest BCUT2D eigenvalue weighted by molar-refractivity contribution is 6.31. The van der Waals surface area contributed by atoms with Crippen LogP contribution in [0.25, 0.3) is 21.9 Å². The molecule has 0 spiro atoms. The van der Waals surface area contributed by atoms with Crippen LogP contribution in [-0.4, -0.2) is 14.1 Å². The van der Waals surface area contributed by atoms with E-state index in [0.29, 0.717) is 23.6 Å². The van der Waals surface area contributed by atoms with E-state index in [4.69, 9.17) is 16.6 Å². The third-order valence-electron chi connectivity index (χ3n) is 5.87. The molecule has 5 rings (SSSR count). The Labute approximate surface area is 185 Å². The third-order valence-corrected chi connectivity index (χ3v) is 6.24. The number of halogens is 1. The van der Waals surface area contributed by atoms with E-state index in [-0.39, 0.29) is 5.56 Å². The average Bonchev–Trinajstić information content (AvgIpc) is 3.06. The van der Waals surface area contributed by atoms with Gasteiger partial charge < -0.3 is 4.57 Å². The van der Waals surface area contributed by atoms with Gasteiger partial charge in [-0.25, -0.2) is 4.98 Å². The standard InChI is InChI=1S/C26H22ClN3O/c1-17-11-12-23-21(13-17)24-25(30(23)15-19-8-4-3-7-18(19)2)26(31)29(16-28-24)14-20-9-5-6-10-22(20)27/h3-13,16H,14-15H2,1-2H3. The average molecular weight is 428 g/mol. The van der Waals surface area contributed by atoms with Crippen LogP contribution in [0, 0.1) is 13.8 Å². The second-order valence-corrected chi connectivity index (χ2v) is 8.41. The zero-order chi connectivity index (χ0) is 21.5. The van der Waals surface area contributed by atoms with Crippen molar-refractivity contribution in [3.05, 3.63) is 111 Å². The lowest BCUT2D eigenvalue weighted by atomic mass is 10.1. The minimum atomic E-state index is -0.0626. The van der Waals surface area contributed by atoms with Crippen LogP contribution in [0.4, 0.5) is 0 Å². The molecule has 0 aliphatic rings. The van der Waals surface area contributed by atoms with Gasteiger partial charge >= 0.3 is 0 Å². The van der Waals surface area contributed by atoms with Gasteiger partial charge in [0.2, 0.25) is 0 Å². The smallest absolute Gasteiger partial charge is 0.278 e. The molecule has 2 aromatic heterocycles. The Hall–Kier alpha value is -3.37. The largest absolute Gasteiger partial charge is 0.330 e. The van der Waals surface area contributed by atoms with Crippen molar-refractivity contribution in [2.75, 3.05) is 0 Å². The van der Waals surface area contributed by atoms with Crippen LogP contribution in [0.3, 0.4) is 0 Å². The Balaban J connectivity index is 1.75. The number of benzene rings is 3. The van der Waals surface area contributed by atoms with Gasteiger partial charge in [0.05, 0.1) is 18.4 Å². The van der Waals surface area contributed by atoms with Crippen molar-refractivity contribution >= 4 is 33.5 Å². The molecule has 3 aromatic carbocycles. The fourth-order valence-corrected chi connectivity index (χ4v) is 4.35. The van der Waals surface area contributed by atoms with Gasteiger partial charge in [-0.3, -0.25) is 9.36 Å². The summed E-state index contributed by atoms with van der Waals surface area (Å²) in [5.74, 6) is 0. The molecule has 0 amide bonds. The van der Waals surface area contributed by atoms with Crippen LogP contribution < -0.4 is 5.56 Å². The topological polar surface area (TPSA) is 39.8 Å². The Morgan fingerprint density at radius 2 is 1.65 bits per heavy atom. The summed E-state index contributed by atoms with van der Waals surface area (Å²) in [5, 5.41) is 1.65. The van der Waals surface area contributed by atoms with Crippen molar-refractivity contribution in [2.45, 2.75) is 26.9 Å². The summed E-state index contributed by atoms with van der Waals surface area (Å²) in [7, 11) is 0. The van der Waals surface area contributed by atoms with Gasteiger partial charge in [-0.2, -0.15) is 0 Å². The van der Waals surface area contributed by atoms with E-state index in [1.807, 2.05) is 36.4 Å². The number of hydrogen-bond acceptors (Lipinski definition) is 2. The van der Waals surface area contributed by atoms with Gasteiger partial charge in [-0.15, -0.1) is 0 Å². The highest BCUT2D eigenvalue weighted by atomic mass is 35.5. The van der Waals surface area contributed by atoms with E-state index in [9.17, 15) is 4.79 Å². The van der Waals surface area contributed by atoms with E-state index < -0.39 is 0 Å². The van der Waals surface area contributed by atoms with Gasteiger partial charge in [0, 0.05) is 17.0 Å². The minimum Gasteiger partial charge on any atom is -0.330 e. The SMILES string of the molecule is Cc1ccc2c(c1)c1ncn(Cc3ccccc3Cl)c(=O)c1n2Cc1ccccc1C. The quantitative estimate of drug-likeness (QED) is 0.368. The van der Waals surface area contributed by atoms with Crippen molar-refractivity contribution in [1.82, 2.24) is 14.1 Å². The monoisotopic (exact) mass is 427 g/mol. The van der Waals surface area contributed by atoms with Crippen molar-refractivity contribution in [3.8, 4) is 0 Å². The molecule has 5 aromatic rings. The van der Waals surface area contributed by atoms with Crippen LogP contribution in [-0.2, 0) is 13.1 Å². The first-order valence-corrected chi connectivity index (χ1v) is 10.7. The van der Waals surface area contributed by atoms with Crippen LogP contribution in [0.15, 0.2) is 77.9 Å². The summed E-state index contributed by atoms with van der Waals surface area (Å²) >= 11 is 6.34. The van der Waals surface area contributed by atoms with Gasteiger partial charge in [-0.05, 0) is 48.7 Å². The molecular formula is C26H22ClN3O. The molecular weight excluding hydrogens is 406 g/mol. The van der Waals surface area contributed by atoms with E-state index >= 15 is 0 Å². The van der Waals surface area contributed by atoms with Crippen LogP contribution in [0.2, 0.25) is 5.02 Å². The zero-order valence-electron chi connectivity index (χ0n) is 17.5. The lowest BCUT2D eigenvalue weighted by Gasteiger charge is -2.11. The maximum atomic E-state index is 13.7. The van der Waals surface area contributed by atoms with Crippen LogP contribution in [0.5, 0.6) is 0 Å². The maximum Gasteiger partial charge on any atom is 0.278 e. The Morgan fingerprint density at radius 3 is 2.42 bits per heavy atom. The molecule has 0 saturated carbocycles. The summed E-state index contributed by atoms with van der Waals surface area (Å²) in [6.45, 7) is 5.15. The van der Waals surface area contributed by atoms with Crippen molar-refractivity contribution in [1.29, 1.82) is 0 Å². The van der Waals surface area contributed by atoms with E-state index in [1.54, 1.807) is 10.9 Å². The fraction of sp³-hybridized carbons (Fsp3) is 0.154. The van der Waals surface area contributed by atoms with Crippen LogP contribution >= 0.6 is 11.6 Å². The summed E-state index contributed by atoms with van der Waals surface area (Å²) in [5.41, 5.74) is 6.74. The molecule has 0 saturated heterocycles. The van der Waals surface area contributed by atoms with Crippen LogP contribution in [0.1, 0.15) is 22.3 Å². The normalized spacial score (nSPS) is 11.5. The number of aromatic nitrogens is 3. The first-order valence-electron chi connectivity index (χ1n) is 10.3. The summed E-state index contributed by atoms with van der Waals surface area (Å²) in [4.78, 5) is 18.4. The Kier molecular flexibility index (Phi) is 4.87. The predicted molar refractivity (Wildman–Crippen MR) is 127 cm³/mol. The highest BCUT2D eigenvalue weighted by Crippen LogP contribution is 2.28. The number of rotatable bonds is 4. The second kappa shape index (κ2) is 7.71. The molecule has 0 bridgehead atoms. The maximum absolute atomic E-state index is 13.7. The summed E-state index contributed by atoms with van der Waals surface area (Å²) < 4.78 is 3.74. The molecule has 0 fully saturated rings. The summed E-state index contributed by atoms with van der Waals surface area (Å²) in [6, 6.07) is 22.1. The first-order chi connectivity index (χ1) is 15.0. The van der Waals surface area contributed by atoms with E-state index in [2.05, 4.69) is 48.7 Å². The zero-order valence-corrected chi connectivity index (χ0v) is 18.2. The predicted octanol–water partition coefficient (Wildman–Crippen LogP) is 5.72. The van der Waals surface area contributed by atoms with Gasteiger partial charge in [-0.1, -0.05) is 65.7 Å². The van der Waals surface area contributed by atoms with Gasteiger partial charge in [0.1, 0.15) is 11.0 Å². The second-order valence-electron chi connectivity index (χ2n) is 8.00. The van der Waals surface area contributed by atoms with E-state index in [0.717, 1.165) is 27.5 Å². The molecule has 2 heterocycles. The lowest BCUT2D eigenvalue weighted by Crippen LogP contribution is -2.23. The molecule has 31 heavy (non-hydrogen) atoms. The van der Waals surface area contributed by atoms with E-state index in [1.165, 1.54) is 11.1 Å². The molecule has 0 radical (unpaired) electrons.